The maximum absolute atomic E-state index is 14.4. The van der Waals surface area contributed by atoms with Crippen molar-refractivity contribution < 1.29 is 13.9 Å². The van der Waals surface area contributed by atoms with E-state index in [9.17, 15) is 9.18 Å². The summed E-state index contributed by atoms with van der Waals surface area (Å²) >= 11 is 1.27. The van der Waals surface area contributed by atoms with Crippen LogP contribution in [-0.2, 0) is 4.74 Å². The van der Waals surface area contributed by atoms with Crippen LogP contribution in [-0.4, -0.2) is 47.7 Å². The number of anilines is 1. The van der Waals surface area contributed by atoms with Gasteiger partial charge in [-0.25, -0.2) is 14.2 Å². The minimum absolute atomic E-state index is 0.288. The van der Waals surface area contributed by atoms with E-state index in [1.165, 1.54) is 17.8 Å². The minimum atomic E-state index is -0.507. The van der Waals surface area contributed by atoms with Crippen molar-refractivity contribution in [1.29, 1.82) is 5.26 Å². The number of piperidine rings is 1. The molecule has 1 aliphatic rings. The average molecular weight is 422 g/mol. The van der Waals surface area contributed by atoms with Gasteiger partial charge in [0, 0.05) is 19.6 Å². The van der Waals surface area contributed by atoms with Gasteiger partial charge in [-0.1, -0.05) is 17.8 Å². The lowest BCUT2D eigenvalue weighted by atomic mass is 9.97. The smallest absolute Gasteiger partial charge is 0.410 e. The summed E-state index contributed by atoms with van der Waals surface area (Å²) in [5.74, 6) is -0.0859. The first-order chi connectivity index (χ1) is 13.7. The molecule has 1 heterocycles. The lowest BCUT2D eigenvalue weighted by Crippen LogP contribution is -2.42. The molecule has 1 saturated heterocycles. The van der Waals surface area contributed by atoms with Crippen LogP contribution in [0.25, 0.3) is 0 Å². The molecular formula is C20H28FN5O2S. The predicted octanol–water partition coefficient (Wildman–Crippen LogP) is 4.31. The molecule has 1 fully saturated rings. The SMILES string of the molecule is CSC(=Nc1cccc(F)c1NCC1CCN(C(=O)OC(C)(C)C)CC1)NC#N. The van der Waals surface area contributed by atoms with E-state index >= 15 is 0 Å². The largest absolute Gasteiger partial charge is 0.444 e. The number of carbonyl (C=O) groups is 1. The van der Waals surface area contributed by atoms with E-state index in [1.807, 2.05) is 27.0 Å². The van der Waals surface area contributed by atoms with Crippen LogP contribution < -0.4 is 10.6 Å². The number of likely N-dealkylation sites (tertiary alicyclic amines) is 1. The molecule has 1 aromatic carbocycles. The topological polar surface area (TPSA) is 89.8 Å². The highest BCUT2D eigenvalue weighted by atomic mass is 32.2. The molecule has 0 aliphatic carbocycles. The Bertz CT molecular complexity index is 780. The summed E-state index contributed by atoms with van der Waals surface area (Å²) in [6.45, 7) is 7.37. The maximum Gasteiger partial charge on any atom is 0.410 e. The van der Waals surface area contributed by atoms with Gasteiger partial charge >= 0.3 is 6.09 Å². The number of nitriles is 1. The molecule has 2 rings (SSSR count). The molecule has 1 aliphatic heterocycles. The molecule has 0 radical (unpaired) electrons. The lowest BCUT2D eigenvalue weighted by Gasteiger charge is -2.33. The van der Waals surface area contributed by atoms with Crippen LogP contribution in [0.1, 0.15) is 33.6 Å². The van der Waals surface area contributed by atoms with Crippen LogP contribution in [0.2, 0.25) is 0 Å². The monoisotopic (exact) mass is 421 g/mol. The van der Waals surface area contributed by atoms with Gasteiger partial charge in [0.1, 0.15) is 11.4 Å². The van der Waals surface area contributed by atoms with Crippen LogP contribution in [0.5, 0.6) is 0 Å². The zero-order chi connectivity index (χ0) is 21.4. The Labute approximate surface area is 175 Å². The molecule has 0 unspecified atom stereocenters. The Hall–Kier alpha value is -2.47. The molecule has 0 atom stereocenters. The Morgan fingerprint density at radius 2 is 2.10 bits per heavy atom. The normalized spacial score (nSPS) is 15.6. The van der Waals surface area contributed by atoms with Crippen molar-refractivity contribution >= 4 is 34.4 Å². The predicted molar refractivity (Wildman–Crippen MR) is 115 cm³/mol. The van der Waals surface area contributed by atoms with Crippen molar-refractivity contribution in [3.8, 4) is 6.19 Å². The number of amides is 1. The van der Waals surface area contributed by atoms with E-state index < -0.39 is 11.4 Å². The molecule has 0 saturated carbocycles. The van der Waals surface area contributed by atoms with Crippen molar-refractivity contribution in [3.05, 3.63) is 24.0 Å². The Balaban J connectivity index is 1.96. The highest BCUT2D eigenvalue weighted by Crippen LogP contribution is 2.30. The first-order valence-corrected chi connectivity index (χ1v) is 10.7. The summed E-state index contributed by atoms with van der Waals surface area (Å²) in [6.07, 6.45) is 4.95. The second-order valence-corrected chi connectivity index (χ2v) is 8.58. The van der Waals surface area contributed by atoms with Gasteiger partial charge in [-0.3, -0.25) is 5.32 Å². The second-order valence-electron chi connectivity index (χ2n) is 7.78. The lowest BCUT2D eigenvalue weighted by molar-refractivity contribution is 0.0188. The number of thioether (sulfide) groups is 1. The Morgan fingerprint density at radius 1 is 1.41 bits per heavy atom. The van der Waals surface area contributed by atoms with E-state index in [2.05, 4.69) is 15.6 Å². The summed E-state index contributed by atoms with van der Waals surface area (Å²) in [7, 11) is 0. The van der Waals surface area contributed by atoms with Crippen molar-refractivity contribution in [2.75, 3.05) is 31.2 Å². The molecule has 0 aromatic heterocycles. The minimum Gasteiger partial charge on any atom is -0.444 e. The maximum atomic E-state index is 14.4. The third kappa shape index (κ3) is 7.13. The van der Waals surface area contributed by atoms with Crippen molar-refractivity contribution in [2.24, 2.45) is 10.9 Å². The third-order valence-electron chi connectivity index (χ3n) is 4.40. The summed E-state index contributed by atoms with van der Waals surface area (Å²) in [4.78, 5) is 18.2. The van der Waals surface area contributed by atoms with Gasteiger partial charge in [-0.2, -0.15) is 5.26 Å². The zero-order valence-electron chi connectivity index (χ0n) is 17.3. The van der Waals surface area contributed by atoms with E-state index in [1.54, 1.807) is 23.3 Å². The highest BCUT2D eigenvalue weighted by Gasteiger charge is 2.27. The van der Waals surface area contributed by atoms with Crippen molar-refractivity contribution in [1.82, 2.24) is 10.2 Å². The highest BCUT2D eigenvalue weighted by molar-refractivity contribution is 8.13. The van der Waals surface area contributed by atoms with Crippen LogP contribution >= 0.6 is 11.8 Å². The van der Waals surface area contributed by atoms with Gasteiger partial charge in [0.25, 0.3) is 0 Å². The van der Waals surface area contributed by atoms with E-state index in [0.29, 0.717) is 42.1 Å². The van der Waals surface area contributed by atoms with E-state index in [4.69, 9.17) is 10.00 Å². The number of amidine groups is 1. The number of ether oxygens (including phenoxy) is 1. The molecule has 29 heavy (non-hydrogen) atoms. The number of nitrogens with one attached hydrogen (secondary N) is 2. The molecule has 7 nitrogen and oxygen atoms in total. The molecular weight excluding hydrogens is 393 g/mol. The van der Waals surface area contributed by atoms with Gasteiger partial charge in [-0.15, -0.1) is 0 Å². The van der Waals surface area contributed by atoms with Crippen molar-refractivity contribution in [3.63, 3.8) is 0 Å². The quantitative estimate of drug-likeness (QED) is 0.326. The van der Waals surface area contributed by atoms with E-state index in [-0.39, 0.29) is 6.09 Å². The molecule has 158 valence electrons. The van der Waals surface area contributed by atoms with Crippen LogP contribution in [0.15, 0.2) is 23.2 Å². The number of para-hydroxylation sites is 1. The fourth-order valence-corrected chi connectivity index (χ4v) is 3.29. The number of halogens is 1. The second kappa shape index (κ2) is 10.3. The van der Waals surface area contributed by atoms with Crippen molar-refractivity contribution in [2.45, 2.75) is 39.2 Å². The summed E-state index contributed by atoms with van der Waals surface area (Å²) in [6, 6.07) is 4.66. The number of nitrogens with zero attached hydrogens (tertiary/aromatic N) is 3. The van der Waals surface area contributed by atoms with Gasteiger partial charge in [0.2, 0.25) is 0 Å². The fourth-order valence-electron chi connectivity index (χ4n) is 2.96. The zero-order valence-corrected chi connectivity index (χ0v) is 18.1. The first kappa shape index (κ1) is 22.8. The number of carbonyl (C=O) groups excluding carboxylic acids is 1. The molecule has 0 bridgehead atoms. The molecule has 9 heteroatoms. The first-order valence-electron chi connectivity index (χ1n) is 9.51. The number of rotatable bonds is 4. The van der Waals surface area contributed by atoms with E-state index in [0.717, 1.165) is 12.8 Å². The standard InChI is InChI=1S/C20H28FN5O2S/c1-20(2,3)28-19(27)26-10-8-14(9-11-26)12-23-17-15(21)6-5-7-16(17)25-18(29-4)24-13-22/h5-7,14,23H,8-12H2,1-4H3,(H,24,25). The fraction of sp³-hybridized carbons (Fsp3) is 0.550. The number of hydrogen-bond acceptors (Lipinski definition) is 6. The molecule has 0 spiro atoms. The average Bonchev–Trinajstić information content (AvgIpc) is 2.66. The number of hydrogen-bond donors (Lipinski definition) is 2. The van der Waals surface area contributed by atoms with Gasteiger partial charge in [-0.05, 0) is 57.9 Å². The summed E-state index contributed by atoms with van der Waals surface area (Å²) in [5.41, 5.74) is 0.240. The van der Waals surface area contributed by atoms with Crippen LogP contribution in [0.3, 0.4) is 0 Å². The van der Waals surface area contributed by atoms with Crippen LogP contribution in [0.4, 0.5) is 20.6 Å². The Morgan fingerprint density at radius 3 is 2.69 bits per heavy atom. The van der Waals surface area contributed by atoms with Gasteiger partial charge < -0.3 is 15.0 Å². The van der Waals surface area contributed by atoms with Gasteiger partial charge in [0.05, 0.1) is 11.4 Å². The van der Waals surface area contributed by atoms with Gasteiger partial charge in [0.15, 0.2) is 11.4 Å². The molecule has 2 N–H and O–H groups in total. The van der Waals surface area contributed by atoms with Crippen LogP contribution in [0, 0.1) is 23.2 Å². The molecule has 1 aromatic rings. The molecule has 1 amide bonds. The summed E-state index contributed by atoms with van der Waals surface area (Å²) < 4.78 is 19.8. The number of aliphatic imine (C=N–C) groups is 1. The summed E-state index contributed by atoms with van der Waals surface area (Å²) in [5, 5.41) is 14.8. The number of benzene rings is 1. The third-order valence-corrected chi connectivity index (χ3v) is 4.98. The Kier molecular flexibility index (Phi) is 8.14.